The molecule has 0 saturated carbocycles. The predicted molar refractivity (Wildman–Crippen MR) is 366 cm³/mol. The second-order valence-electron chi connectivity index (χ2n) is 24.1. The van der Waals surface area contributed by atoms with E-state index >= 15 is 0 Å². The van der Waals surface area contributed by atoms with Crippen LogP contribution in [-0.4, -0.2) is 129 Å². The van der Waals surface area contributed by atoms with Gasteiger partial charge in [0.2, 0.25) is 11.9 Å². The Labute approximate surface area is 567 Å². The number of benzene rings is 6. The maximum Gasteiger partial charge on any atom is 0.471 e. The van der Waals surface area contributed by atoms with Crippen LogP contribution in [0.15, 0.2) is 192 Å². The minimum absolute atomic E-state index is 0.0358. The normalized spacial score (nSPS) is 15.3. The van der Waals surface area contributed by atoms with Crippen LogP contribution in [0.3, 0.4) is 0 Å². The first-order valence-electron chi connectivity index (χ1n) is 30.8. The highest BCUT2D eigenvalue weighted by molar-refractivity contribution is 7.90. The van der Waals surface area contributed by atoms with Crippen molar-refractivity contribution in [3.63, 3.8) is 0 Å². The number of rotatable bonds is 16. The number of hydrogen-bond acceptors (Lipinski definition) is 15. The Morgan fingerprint density at radius 2 is 0.938 bits per heavy atom. The first kappa shape index (κ1) is 68.5. The molecule has 4 aromatic heterocycles. The molecule has 502 valence electrons. The number of halogens is 5. The van der Waals surface area contributed by atoms with Crippen LogP contribution in [0.25, 0.3) is 44.3 Å². The summed E-state index contributed by atoms with van der Waals surface area (Å²) in [5, 5.41) is 12.8. The Kier molecular flexibility index (Phi) is 20.4. The van der Waals surface area contributed by atoms with Crippen LogP contribution in [-0.2, 0) is 29.6 Å². The summed E-state index contributed by atoms with van der Waals surface area (Å²) in [5.41, 5.74) is 3.47. The fourth-order valence-electron chi connectivity index (χ4n) is 11.5. The summed E-state index contributed by atoms with van der Waals surface area (Å²) < 4.78 is 99.8. The van der Waals surface area contributed by atoms with Gasteiger partial charge in [-0.25, -0.2) is 49.5 Å². The molecule has 2 aliphatic heterocycles. The first-order chi connectivity index (χ1) is 46.3. The number of nitrogens with one attached hydrogen (secondary N) is 4. The van der Waals surface area contributed by atoms with E-state index in [2.05, 4.69) is 30.9 Å². The van der Waals surface area contributed by atoms with E-state index in [1.165, 1.54) is 62.9 Å². The highest BCUT2D eigenvalue weighted by Crippen LogP contribution is 2.38. The molecule has 12 rings (SSSR count). The summed E-state index contributed by atoms with van der Waals surface area (Å²) in [4.78, 5) is 71.7. The van der Waals surface area contributed by atoms with Crippen LogP contribution in [0.4, 0.5) is 41.2 Å². The van der Waals surface area contributed by atoms with Crippen molar-refractivity contribution in [2.75, 3.05) is 60.5 Å². The van der Waals surface area contributed by atoms with E-state index in [1.54, 1.807) is 146 Å². The Hall–Kier alpha value is -9.89. The van der Waals surface area contributed by atoms with Crippen LogP contribution in [0.5, 0.6) is 0 Å². The van der Waals surface area contributed by atoms with Crippen molar-refractivity contribution in [1.82, 2.24) is 37.7 Å². The average molecular weight is 1400 g/mol. The molecule has 4 amide bonds. The minimum Gasteiger partial charge on any atom is -0.444 e. The number of hydrogen-bond donors (Lipinski definition) is 4. The van der Waals surface area contributed by atoms with Crippen molar-refractivity contribution in [3.8, 4) is 22.5 Å². The monoisotopic (exact) mass is 1400 g/mol. The Morgan fingerprint density at radius 3 is 1.34 bits per heavy atom. The van der Waals surface area contributed by atoms with Gasteiger partial charge >= 0.3 is 18.2 Å². The van der Waals surface area contributed by atoms with Gasteiger partial charge in [0.05, 0.1) is 54.7 Å². The van der Waals surface area contributed by atoms with Crippen molar-refractivity contribution >= 4 is 112 Å². The lowest BCUT2D eigenvalue weighted by Crippen LogP contribution is -2.41. The van der Waals surface area contributed by atoms with Gasteiger partial charge in [-0.05, 0) is 143 Å². The van der Waals surface area contributed by atoms with Gasteiger partial charge in [-0.2, -0.15) is 13.2 Å². The molecule has 0 bridgehead atoms. The van der Waals surface area contributed by atoms with Crippen molar-refractivity contribution in [1.29, 1.82) is 0 Å². The van der Waals surface area contributed by atoms with Crippen LogP contribution in [0.1, 0.15) is 67.2 Å². The summed E-state index contributed by atoms with van der Waals surface area (Å²) in [7, 11) is -7.81. The molecule has 0 aliphatic carbocycles. The number of ether oxygens (including phenoxy) is 1. The van der Waals surface area contributed by atoms with E-state index in [0.717, 1.165) is 25.7 Å². The fourth-order valence-corrected chi connectivity index (χ4v) is 14.6. The molecule has 0 spiro atoms. The van der Waals surface area contributed by atoms with Crippen LogP contribution >= 0.6 is 23.2 Å². The quantitative estimate of drug-likeness (QED) is 0.0701. The van der Waals surface area contributed by atoms with E-state index in [4.69, 9.17) is 32.9 Å². The number of carbonyl (C=O) groups is 4. The molecule has 0 radical (unpaired) electrons. The summed E-state index contributed by atoms with van der Waals surface area (Å²) >= 11 is 13.2. The lowest BCUT2D eigenvalue weighted by atomic mass is 9.97. The third-order valence-electron chi connectivity index (χ3n) is 16.1. The smallest absolute Gasteiger partial charge is 0.444 e. The van der Waals surface area contributed by atoms with Gasteiger partial charge in [0, 0.05) is 96.1 Å². The van der Waals surface area contributed by atoms with E-state index < -0.39 is 43.8 Å². The van der Waals surface area contributed by atoms with E-state index in [0.29, 0.717) is 101 Å². The van der Waals surface area contributed by atoms with Crippen molar-refractivity contribution < 1.29 is 53.9 Å². The Balaban J connectivity index is 0.000000197. The molecule has 2 unspecified atom stereocenters. The molecule has 97 heavy (non-hydrogen) atoms. The summed E-state index contributed by atoms with van der Waals surface area (Å²) in [5.74, 6) is -1.65. The van der Waals surface area contributed by atoms with Gasteiger partial charge in [0.15, 0.2) is 0 Å². The number of piperidine rings is 2. The summed E-state index contributed by atoms with van der Waals surface area (Å²) in [6.07, 6.45) is 3.75. The number of likely N-dealkylation sites (tertiary alicyclic amines) is 2. The van der Waals surface area contributed by atoms with Crippen molar-refractivity contribution in [2.24, 2.45) is 11.8 Å². The summed E-state index contributed by atoms with van der Waals surface area (Å²) in [6, 6.07) is 42.7. The molecule has 2 aliphatic rings. The number of aromatic nitrogens is 6. The van der Waals surface area contributed by atoms with Crippen LogP contribution in [0.2, 0.25) is 10.0 Å². The van der Waals surface area contributed by atoms with Crippen LogP contribution in [0, 0.1) is 11.8 Å². The number of amides is 4. The predicted octanol–water partition coefficient (Wildman–Crippen LogP) is 13.8. The maximum atomic E-state index is 13.6. The van der Waals surface area contributed by atoms with E-state index in [-0.39, 0.29) is 60.7 Å². The Morgan fingerprint density at radius 1 is 0.546 bits per heavy atom. The molecule has 21 nitrogen and oxygen atoms in total. The molecule has 6 heterocycles. The standard InChI is InChI=1S/C36H37ClN6O5S.C33H28ClF3N6O4S/c1-36(2,3)48-35(45)40-26-17-15-25(16-18-26)33(44)42-19-9-10-24(22-42)20-38-34-39-21-30(37)32(41-34)29-23-43(31-14-8-7-13-28(29)31)49(46,47)27-11-5-4-6-12-27;34-27-18-39-32(41-29(27)26-20-43(28-11-5-4-10-25(26)28)48(46,47)24-8-2-1-3-9-24)38-17-21-7-6-16-42(19-21)30(44)22-12-14-23(15-13-22)40-31(45)33(35,36)37/h4-8,11-18,21,23-24H,9-10,19-20,22H2,1-3H3,(H,40,45)(H,38,39,41);1-5,8-15,18,20-21H,6-7,16-17,19H2,(H,40,45)(H,38,39,41). The zero-order valence-corrected chi connectivity index (χ0v) is 55.6. The molecular formula is C69H65Cl2F3N12O9S2. The summed E-state index contributed by atoms with van der Waals surface area (Å²) in [6.45, 7) is 8.45. The molecule has 10 aromatic rings. The van der Waals surface area contributed by atoms with Gasteiger partial charge in [-0.1, -0.05) is 96.0 Å². The fraction of sp³-hybridized carbons (Fsp3) is 0.246. The third-order valence-corrected chi connectivity index (χ3v) is 20.0. The molecular weight excluding hydrogens is 1330 g/mol. The van der Waals surface area contributed by atoms with E-state index in [9.17, 15) is 49.2 Å². The van der Waals surface area contributed by atoms with E-state index in [1.807, 2.05) is 17.0 Å². The number of fused-ring (bicyclic) bond motifs is 2. The highest BCUT2D eigenvalue weighted by atomic mass is 35.5. The second-order valence-corrected chi connectivity index (χ2v) is 28.6. The lowest BCUT2D eigenvalue weighted by Gasteiger charge is -2.33. The van der Waals surface area contributed by atoms with Gasteiger partial charge in [-0.15, -0.1) is 0 Å². The van der Waals surface area contributed by atoms with Gasteiger partial charge in [-0.3, -0.25) is 19.7 Å². The van der Waals surface area contributed by atoms with Crippen molar-refractivity contribution in [2.45, 2.75) is 68.0 Å². The highest BCUT2D eigenvalue weighted by Gasteiger charge is 2.39. The molecule has 2 fully saturated rings. The lowest BCUT2D eigenvalue weighted by molar-refractivity contribution is -0.167. The number of carbonyl (C=O) groups excluding carboxylic acids is 4. The zero-order valence-electron chi connectivity index (χ0n) is 52.5. The average Bonchev–Trinajstić information content (AvgIpc) is 1.61. The van der Waals surface area contributed by atoms with Gasteiger partial charge in [0.1, 0.15) is 5.60 Å². The van der Waals surface area contributed by atoms with Gasteiger partial charge < -0.3 is 30.5 Å². The topological polar surface area (TPSA) is 262 Å². The number of para-hydroxylation sites is 2. The number of anilines is 4. The second kappa shape index (κ2) is 28.8. The Bertz CT molecular complexity index is 4790. The van der Waals surface area contributed by atoms with Gasteiger partial charge in [0.25, 0.3) is 31.9 Å². The molecule has 28 heteroatoms. The molecule has 2 saturated heterocycles. The largest absolute Gasteiger partial charge is 0.471 e. The van der Waals surface area contributed by atoms with Crippen LogP contribution < -0.4 is 21.3 Å². The molecule has 4 N–H and O–H groups in total. The zero-order chi connectivity index (χ0) is 68.8. The number of nitrogens with zero attached hydrogens (tertiary/aromatic N) is 8. The maximum absolute atomic E-state index is 13.6. The number of alkyl halides is 3. The van der Waals surface area contributed by atoms with Crippen molar-refractivity contribution in [3.05, 3.63) is 204 Å². The first-order valence-corrected chi connectivity index (χ1v) is 34.5. The SMILES string of the molecule is CC(C)(C)OC(=O)Nc1ccc(C(=O)N2CCCC(CNc3ncc(Cl)c(-c4cn(S(=O)(=O)c5ccccc5)c5ccccc45)n3)C2)cc1.O=C(c1ccc(NC(=O)C(F)(F)F)cc1)N1CCCC(CNc2ncc(Cl)c(-c3cn(S(=O)(=O)c4ccccc4)c4ccccc34)n2)C1. The minimum atomic E-state index is -5.02. The third kappa shape index (κ3) is 16.0. The molecule has 6 aromatic carbocycles. The molecule has 2 atom stereocenters.